The topological polar surface area (TPSA) is 21.3 Å². The first-order valence-electron chi connectivity index (χ1n) is 6.73. The molecule has 0 aliphatic heterocycles. The summed E-state index contributed by atoms with van der Waals surface area (Å²) in [6, 6.07) is 14.8. The Morgan fingerprint density at radius 2 is 1.95 bits per heavy atom. The lowest BCUT2D eigenvalue weighted by Crippen LogP contribution is -2.20. The van der Waals surface area contributed by atoms with E-state index in [4.69, 9.17) is 4.74 Å². The lowest BCUT2D eigenvalue weighted by Gasteiger charge is -2.12. The molecule has 1 N–H and O–H groups in total. The quantitative estimate of drug-likeness (QED) is 0.766. The van der Waals surface area contributed by atoms with Crippen LogP contribution in [0.3, 0.4) is 0 Å². The second kappa shape index (κ2) is 7.31. The highest BCUT2D eigenvalue weighted by molar-refractivity contribution is 7.12. The van der Waals surface area contributed by atoms with Crippen molar-refractivity contribution in [2.24, 2.45) is 0 Å². The van der Waals surface area contributed by atoms with E-state index in [0.29, 0.717) is 6.04 Å². The van der Waals surface area contributed by atoms with E-state index in [-0.39, 0.29) is 0 Å². The SMILES string of the molecule is Cc1ccc(C(C)NCCCOc2ccccc2)s1. The summed E-state index contributed by atoms with van der Waals surface area (Å²) in [5.41, 5.74) is 0. The smallest absolute Gasteiger partial charge is 0.119 e. The number of nitrogens with one attached hydrogen (secondary N) is 1. The molecule has 3 heteroatoms. The van der Waals surface area contributed by atoms with E-state index < -0.39 is 0 Å². The molecule has 1 atom stereocenters. The van der Waals surface area contributed by atoms with Crippen LogP contribution in [0.5, 0.6) is 5.75 Å². The molecule has 1 aromatic carbocycles. The lowest BCUT2D eigenvalue weighted by molar-refractivity contribution is 0.306. The molecule has 1 aromatic heterocycles. The van der Waals surface area contributed by atoms with Gasteiger partial charge in [-0.25, -0.2) is 0 Å². The lowest BCUT2D eigenvalue weighted by atomic mass is 10.2. The molecule has 1 unspecified atom stereocenters. The molecule has 0 saturated heterocycles. The van der Waals surface area contributed by atoms with Crippen molar-refractivity contribution in [2.75, 3.05) is 13.2 Å². The molecule has 0 aliphatic rings. The van der Waals surface area contributed by atoms with Crippen molar-refractivity contribution in [1.82, 2.24) is 5.32 Å². The molecule has 2 aromatic rings. The Morgan fingerprint density at radius 3 is 2.63 bits per heavy atom. The number of para-hydroxylation sites is 1. The maximum Gasteiger partial charge on any atom is 0.119 e. The van der Waals surface area contributed by atoms with Crippen LogP contribution in [-0.4, -0.2) is 13.2 Å². The van der Waals surface area contributed by atoms with E-state index in [2.05, 4.69) is 31.3 Å². The first-order chi connectivity index (χ1) is 9.25. The van der Waals surface area contributed by atoms with Gasteiger partial charge in [-0.2, -0.15) is 0 Å². The number of benzene rings is 1. The maximum atomic E-state index is 5.66. The molecule has 2 rings (SSSR count). The zero-order chi connectivity index (χ0) is 13.5. The highest BCUT2D eigenvalue weighted by atomic mass is 32.1. The Kier molecular flexibility index (Phi) is 5.43. The minimum atomic E-state index is 0.426. The van der Waals surface area contributed by atoms with Gasteiger partial charge in [0.25, 0.3) is 0 Å². The van der Waals surface area contributed by atoms with Crippen LogP contribution in [0.15, 0.2) is 42.5 Å². The van der Waals surface area contributed by atoms with Gasteiger partial charge in [0.05, 0.1) is 6.61 Å². The number of thiophene rings is 1. The largest absolute Gasteiger partial charge is 0.494 e. The number of aryl methyl sites for hydroxylation is 1. The third kappa shape index (κ3) is 4.69. The summed E-state index contributed by atoms with van der Waals surface area (Å²) < 4.78 is 5.66. The summed E-state index contributed by atoms with van der Waals surface area (Å²) in [6.07, 6.45) is 1.02. The molecular formula is C16H21NOS. The van der Waals surface area contributed by atoms with Gasteiger partial charge in [-0.15, -0.1) is 11.3 Å². The van der Waals surface area contributed by atoms with Crippen LogP contribution in [0.1, 0.15) is 29.1 Å². The van der Waals surface area contributed by atoms with Gasteiger partial charge in [0, 0.05) is 15.8 Å². The standard InChI is InChI=1S/C16H21NOS/c1-13-9-10-16(19-13)14(2)17-11-6-12-18-15-7-4-3-5-8-15/h3-5,7-10,14,17H,6,11-12H2,1-2H3. The van der Waals surface area contributed by atoms with Gasteiger partial charge in [0.15, 0.2) is 0 Å². The van der Waals surface area contributed by atoms with Crippen molar-refractivity contribution < 1.29 is 4.74 Å². The van der Waals surface area contributed by atoms with Crippen molar-refractivity contribution in [2.45, 2.75) is 26.3 Å². The molecule has 0 spiro atoms. The fraction of sp³-hybridized carbons (Fsp3) is 0.375. The molecule has 102 valence electrons. The van der Waals surface area contributed by atoms with Crippen molar-refractivity contribution in [1.29, 1.82) is 0 Å². The molecule has 19 heavy (non-hydrogen) atoms. The summed E-state index contributed by atoms with van der Waals surface area (Å²) in [6.45, 7) is 6.09. The van der Waals surface area contributed by atoms with Gasteiger partial charge in [-0.3, -0.25) is 0 Å². The third-order valence-corrected chi connectivity index (χ3v) is 4.15. The molecule has 2 nitrogen and oxygen atoms in total. The zero-order valence-electron chi connectivity index (χ0n) is 11.6. The first-order valence-corrected chi connectivity index (χ1v) is 7.55. The van der Waals surface area contributed by atoms with E-state index in [1.54, 1.807) is 0 Å². The average molecular weight is 275 g/mol. The van der Waals surface area contributed by atoms with Crippen LogP contribution >= 0.6 is 11.3 Å². The summed E-state index contributed by atoms with van der Waals surface area (Å²) in [7, 11) is 0. The monoisotopic (exact) mass is 275 g/mol. The van der Waals surface area contributed by atoms with Gasteiger partial charge in [0.1, 0.15) is 5.75 Å². The second-order valence-electron chi connectivity index (χ2n) is 4.64. The maximum absolute atomic E-state index is 5.66. The van der Waals surface area contributed by atoms with Gasteiger partial charge in [-0.05, 0) is 51.1 Å². The highest BCUT2D eigenvalue weighted by Crippen LogP contribution is 2.22. The predicted octanol–water partition coefficient (Wildman–Crippen LogP) is 4.18. The number of hydrogen-bond acceptors (Lipinski definition) is 3. The minimum absolute atomic E-state index is 0.426. The van der Waals surface area contributed by atoms with Crippen LogP contribution in [0.2, 0.25) is 0 Å². The summed E-state index contributed by atoms with van der Waals surface area (Å²) in [4.78, 5) is 2.78. The number of ether oxygens (including phenoxy) is 1. The summed E-state index contributed by atoms with van der Waals surface area (Å²) in [5.74, 6) is 0.949. The van der Waals surface area contributed by atoms with E-state index >= 15 is 0 Å². The number of rotatable bonds is 7. The fourth-order valence-corrected chi connectivity index (χ4v) is 2.79. The molecule has 0 saturated carbocycles. The zero-order valence-corrected chi connectivity index (χ0v) is 12.4. The normalized spacial score (nSPS) is 12.3. The van der Waals surface area contributed by atoms with Gasteiger partial charge in [0.2, 0.25) is 0 Å². The molecular weight excluding hydrogens is 254 g/mol. The van der Waals surface area contributed by atoms with Gasteiger partial charge < -0.3 is 10.1 Å². The van der Waals surface area contributed by atoms with Gasteiger partial charge >= 0.3 is 0 Å². The fourth-order valence-electron chi connectivity index (χ4n) is 1.88. The van der Waals surface area contributed by atoms with Crippen LogP contribution < -0.4 is 10.1 Å². The highest BCUT2D eigenvalue weighted by Gasteiger charge is 2.06. The first kappa shape index (κ1) is 14.1. The predicted molar refractivity (Wildman–Crippen MR) is 82.0 cm³/mol. The van der Waals surface area contributed by atoms with Crippen molar-refractivity contribution in [3.05, 3.63) is 52.2 Å². The Hall–Kier alpha value is -1.32. The van der Waals surface area contributed by atoms with Crippen LogP contribution in [0.25, 0.3) is 0 Å². The van der Waals surface area contributed by atoms with Crippen molar-refractivity contribution in [3.8, 4) is 5.75 Å². The van der Waals surface area contributed by atoms with Crippen LogP contribution in [0.4, 0.5) is 0 Å². The molecule has 0 aliphatic carbocycles. The molecule has 0 amide bonds. The minimum Gasteiger partial charge on any atom is -0.494 e. The Labute approximate surface area is 119 Å². The Morgan fingerprint density at radius 1 is 1.16 bits per heavy atom. The number of hydrogen-bond donors (Lipinski definition) is 1. The van der Waals surface area contributed by atoms with E-state index in [1.807, 2.05) is 41.7 Å². The Balaban J connectivity index is 1.62. The summed E-state index contributed by atoms with van der Waals surface area (Å²) >= 11 is 1.86. The van der Waals surface area contributed by atoms with E-state index in [1.165, 1.54) is 9.75 Å². The summed E-state index contributed by atoms with van der Waals surface area (Å²) in [5, 5.41) is 3.53. The van der Waals surface area contributed by atoms with Gasteiger partial charge in [-0.1, -0.05) is 18.2 Å². The van der Waals surface area contributed by atoms with E-state index in [0.717, 1.165) is 25.3 Å². The van der Waals surface area contributed by atoms with Crippen molar-refractivity contribution >= 4 is 11.3 Å². The van der Waals surface area contributed by atoms with Crippen molar-refractivity contribution in [3.63, 3.8) is 0 Å². The molecule has 0 bridgehead atoms. The van der Waals surface area contributed by atoms with Crippen LogP contribution in [-0.2, 0) is 0 Å². The molecule has 1 heterocycles. The van der Waals surface area contributed by atoms with E-state index in [9.17, 15) is 0 Å². The molecule has 0 fully saturated rings. The second-order valence-corrected chi connectivity index (χ2v) is 5.96. The Bertz CT molecular complexity index is 481. The third-order valence-electron chi connectivity index (χ3n) is 2.97. The molecule has 0 radical (unpaired) electrons. The van der Waals surface area contributed by atoms with Crippen LogP contribution in [0, 0.1) is 6.92 Å². The average Bonchev–Trinajstić information content (AvgIpc) is 2.86.